The second-order valence-corrected chi connectivity index (χ2v) is 1.25. The van der Waals surface area contributed by atoms with Crippen LogP contribution in [0, 0.1) is 0 Å². The summed E-state index contributed by atoms with van der Waals surface area (Å²) < 4.78 is 0. The van der Waals surface area contributed by atoms with Crippen molar-refractivity contribution in [1.29, 1.82) is 0 Å². The maximum absolute atomic E-state index is 3.80. The standard InChI is InChI=1S/C2H2N3S/c6-2-1-3-5-4-2/h1,6H. The Kier molecular flexibility index (Phi) is 0.795. The molecule has 0 aromatic heterocycles. The molecule has 0 spiro atoms. The topological polar surface area (TPSA) is 38.8 Å². The van der Waals surface area contributed by atoms with Crippen molar-refractivity contribution in [2.45, 2.75) is 0 Å². The summed E-state index contributed by atoms with van der Waals surface area (Å²) in [5.41, 5.74) is 3.38. The second-order valence-electron chi connectivity index (χ2n) is 0.792. The van der Waals surface area contributed by atoms with E-state index in [1.165, 1.54) is 6.20 Å². The summed E-state index contributed by atoms with van der Waals surface area (Å²) >= 11 is 3.80. The smallest absolute Gasteiger partial charge is 0.136 e. The van der Waals surface area contributed by atoms with E-state index in [4.69, 9.17) is 0 Å². The van der Waals surface area contributed by atoms with Gasteiger partial charge in [0.2, 0.25) is 0 Å². The van der Waals surface area contributed by atoms with Crippen LogP contribution in [0.5, 0.6) is 0 Å². The molecule has 1 radical (unpaired) electrons. The molecule has 0 aromatic rings. The molecule has 3 nitrogen and oxygen atoms in total. The molecule has 0 saturated carbocycles. The van der Waals surface area contributed by atoms with Gasteiger partial charge in [0, 0.05) is 0 Å². The fourth-order valence-electron chi connectivity index (χ4n) is 0.175. The lowest BCUT2D eigenvalue weighted by molar-refractivity contribution is 0.905. The van der Waals surface area contributed by atoms with Crippen molar-refractivity contribution in [2.75, 3.05) is 0 Å². The first kappa shape index (κ1) is 3.67. The summed E-state index contributed by atoms with van der Waals surface area (Å²) in [6.07, 6.45) is 1.48. The van der Waals surface area contributed by atoms with Crippen LogP contribution in [0.15, 0.2) is 21.6 Å². The monoisotopic (exact) mass is 100.0 g/mol. The molecule has 1 rings (SSSR count). The van der Waals surface area contributed by atoms with Crippen LogP contribution in [-0.2, 0) is 0 Å². The molecule has 0 amide bonds. The van der Waals surface area contributed by atoms with Crippen molar-refractivity contribution < 1.29 is 0 Å². The minimum atomic E-state index is 0.565. The van der Waals surface area contributed by atoms with Gasteiger partial charge in [-0.3, -0.25) is 0 Å². The average molecular weight is 100 g/mol. The van der Waals surface area contributed by atoms with Crippen LogP contribution in [0.2, 0.25) is 0 Å². The average Bonchev–Trinajstić information content (AvgIpc) is 1.86. The van der Waals surface area contributed by atoms with Gasteiger partial charge in [-0.05, 0) is 5.22 Å². The third-order valence-electron chi connectivity index (χ3n) is 0.372. The third kappa shape index (κ3) is 0.514. The zero-order valence-electron chi connectivity index (χ0n) is 2.87. The first-order valence-corrected chi connectivity index (χ1v) is 1.84. The number of rotatable bonds is 0. The molecule has 0 N–H and O–H groups in total. The van der Waals surface area contributed by atoms with Gasteiger partial charge < -0.3 is 0 Å². The first-order valence-electron chi connectivity index (χ1n) is 1.39. The number of nitrogens with zero attached hydrogens (tertiary/aromatic N) is 3. The van der Waals surface area contributed by atoms with Crippen molar-refractivity contribution >= 4 is 12.6 Å². The van der Waals surface area contributed by atoms with E-state index >= 15 is 0 Å². The molecule has 0 aromatic carbocycles. The van der Waals surface area contributed by atoms with Gasteiger partial charge in [0.15, 0.2) is 0 Å². The summed E-state index contributed by atoms with van der Waals surface area (Å²) in [7, 11) is 0. The highest BCUT2D eigenvalue weighted by atomic mass is 32.1. The van der Waals surface area contributed by atoms with Crippen LogP contribution in [0.3, 0.4) is 0 Å². The lowest BCUT2D eigenvalue weighted by atomic mass is 11.0. The Bertz CT molecular complexity index is 103. The molecule has 1 aliphatic heterocycles. The van der Waals surface area contributed by atoms with Gasteiger partial charge in [-0.2, -0.15) is 0 Å². The summed E-state index contributed by atoms with van der Waals surface area (Å²) in [6, 6.07) is 0. The second kappa shape index (κ2) is 1.30. The summed E-state index contributed by atoms with van der Waals surface area (Å²) in [6.45, 7) is 0. The van der Waals surface area contributed by atoms with Crippen molar-refractivity contribution in [3.63, 3.8) is 0 Å². The molecule has 31 valence electrons. The molecule has 1 heterocycles. The molecule has 6 heavy (non-hydrogen) atoms. The van der Waals surface area contributed by atoms with Crippen LogP contribution in [-0.4, -0.2) is 0 Å². The van der Waals surface area contributed by atoms with Gasteiger partial charge >= 0.3 is 0 Å². The van der Waals surface area contributed by atoms with E-state index in [1.54, 1.807) is 0 Å². The summed E-state index contributed by atoms with van der Waals surface area (Å²) in [5, 5.41) is 7.23. The van der Waals surface area contributed by atoms with E-state index in [-0.39, 0.29) is 0 Å². The molecule has 0 aliphatic carbocycles. The predicted molar refractivity (Wildman–Crippen MR) is 24.1 cm³/mol. The Balaban J connectivity index is 2.68. The third-order valence-corrected chi connectivity index (χ3v) is 0.577. The van der Waals surface area contributed by atoms with Gasteiger partial charge in [0.25, 0.3) is 0 Å². The zero-order valence-corrected chi connectivity index (χ0v) is 3.76. The molecule has 1 aliphatic rings. The van der Waals surface area contributed by atoms with Crippen molar-refractivity contribution in [1.82, 2.24) is 5.43 Å². The molecule has 0 atom stereocenters. The van der Waals surface area contributed by atoms with Crippen molar-refractivity contribution in [3.05, 3.63) is 11.2 Å². The Morgan fingerprint density at radius 2 is 2.50 bits per heavy atom. The minimum Gasteiger partial charge on any atom is -0.136 e. The van der Waals surface area contributed by atoms with Gasteiger partial charge in [-0.1, -0.05) is 0 Å². The Hall–Kier alpha value is -0.510. The number of hydrogen-bond acceptors (Lipinski definition) is 3. The van der Waals surface area contributed by atoms with Crippen LogP contribution >= 0.6 is 12.6 Å². The molecule has 0 unspecified atom stereocenters. The van der Waals surface area contributed by atoms with Crippen molar-refractivity contribution in [2.24, 2.45) is 10.3 Å². The van der Waals surface area contributed by atoms with E-state index in [0.29, 0.717) is 5.03 Å². The van der Waals surface area contributed by atoms with E-state index in [2.05, 4.69) is 28.4 Å². The van der Waals surface area contributed by atoms with Crippen molar-refractivity contribution in [3.8, 4) is 0 Å². The predicted octanol–water partition coefficient (Wildman–Crippen LogP) is 0.700. The molecule has 0 fully saturated rings. The lowest BCUT2D eigenvalue weighted by Crippen LogP contribution is -1.69. The molecule has 0 bridgehead atoms. The van der Waals surface area contributed by atoms with E-state index < -0.39 is 0 Å². The molecule has 0 saturated heterocycles. The van der Waals surface area contributed by atoms with Crippen LogP contribution in [0.4, 0.5) is 0 Å². The van der Waals surface area contributed by atoms with Gasteiger partial charge in [0.1, 0.15) is 5.03 Å². The molecular formula is C2H2N3S. The van der Waals surface area contributed by atoms with Gasteiger partial charge in [0.05, 0.1) is 6.20 Å². The maximum Gasteiger partial charge on any atom is 0.138 e. The first-order chi connectivity index (χ1) is 2.89. The number of thiol groups is 1. The fraction of sp³-hybridized carbons (Fsp3) is 0. The SMILES string of the molecule is SC1=C[N]N=N1. The Morgan fingerprint density at radius 1 is 1.67 bits per heavy atom. The Labute approximate surface area is 40.5 Å². The molecule has 4 heteroatoms. The van der Waals surface area contributed by atoms with Gasteiger partial charge in [-0.25, -0.2) is 0 Å². The quantitative estimate of drug-likeness (QED) is 0.435. The van der Waals surface area contributed by atoms with Crippen LogP contribution in [0.25, 0.3) is 0 Å². The highest BCUT2D eigenvalue weighted by Gasteiger charge is 1.89. The molecular weight excluding hydrogens is 98.1 g/mol. The number of hydrogen-bond donors (Lipinski definition) is 1. The lowest BCUT2D eigenvalue weighted by Gasteiger charge is -1.64. The highest BCUT2D eigenvalue weighted by Crippen LogP contribution is 2.05. The highest BCUT2D eigenvalue weighted by molar-refractivity contribution is 7.84. The maximum atomic E-state index is 3.80. The van der Waals surface area contributed by atoms with Gasteiger partial charge in [-0.15, -0.1) is 23.2 Å². The Morgan fingerprint density at radius 3 is 2.67 bits per heavy atom. The van der Waals surface area contributed by atoms with E-state index in [0.717, 1.165) is 0 Å². The zero-order chi connectivity index (χ0) is 4.41. The normalized spacial score (nSPS) is 17.2. The van der Waals surface area contributed by atoms with E-state index in [9.17, 15) is 0 Å². The summed E-state index contributed by atoms with van der Waals surface area (Å²) in [5.74, 6) is 0. The fourth-order valence-corrected chi connectivity index (χ4v) is 0.267. The minimum absolute atomic E-state index is 0.565. The van der Waals surface area contributed by atoms with Crippen LogP contribution < -0.4 is 5.43 Å². The van der Waals surface area contributed by atoms with Crippen LogP contribution in [0.1, 0.15) is 0 Å². The van der Waals surface area contributed by atoms with E-state index in [1.807, 2.05) is 0 Å². The summed E-state index contributed by atoms with van der Waals surface area (Å²) in [4.78, 5) is 0. The largest absolute Gasteiger partial charge is 0.138 e.